The van der Waals surface area contributed by atoms with E-state index in [2.05, 4.69) is 20.6 Å². The van der Waals surface area contributed by atoms with Gasteiger partial charge in [-0.3, -0.25) is 4.79 Å². The largest absolute Gasteiger partial charge is 0.392 e. The molecule has 1 fully saturated rings. The number of carbonyl (C=O) groups is 1. The number of aliphatic hydroxyl groups excluding tert-OH is 1. The van der Waals surface area contributed by atoms with Crippen LogP contribution in [0.3, 0.4) is 0 Å². The molecule has 3 N–H and O–H groups in total. The van der Waals surface area contributed by atoms with Crippen LogP contribution in [-0.4, -0.2) is 39.5 Å². The molecule has 0 bridgehead atoms. The minimum absolute atomic E-state index is 0.0270. The molecule has 0 radical (unpaired) electrons. The summed E-state index contributed by atoms with van der Waals surface area (Å²) in [5, 5.41) is 25.2. The molecular weight excluding hydrogens is 361 g/mol. The molecule has 1 aliphatic rings. The predicted octanol–water partition coefficient (Wildman–Crippen LogP) is 2.66. The number of aryl methyl sites for hydroxylation is 1. The van der Waals surface area contributed by atoms with E-state index >= 15 is 0 Å². The Morgan fingerprint density at radius 2 is 2.21 bits per heavy atom. The zero-order valence-corrected chi connectivity index (χ0v) is 16.0. The van der Waals surface area contributed by atoms with Gasteiger partial charge in [-0.15, -0.1) is 0 Å². The van der Waals surface area contributed by atoms with Crippen molar-refractivity contribution < 1.29 is 14.3 Å². The second-order valence-corrected chi connectivity index (χ2v) is 7.57. The van der Waals surface area contributed by atoms with Gasteiger partial charge in [-0.1, -0.05) is 13.8 Å². The van der Waals surface area contributed by atoms with Crippen LogP contribution in [0.1, 0.15) is 41.8 Å². The van der Waals surface area contributed by atoms with Crippen LogP contribution in [0.25, 0.3) is 0 Å². The van der Waals surface area contributed by atoms with Crippen LogP contribution in [0.4, 0.5) is 16.2 Å². The summed E-state index contributed by atoms with van der Waals surface area (Å²) in [7, 11) is 0. The highest BCUT2D eigenvalue weighted by molar-refractivity contribution is 6.00. The highest BCUT2D eigenvalue weighted by Gasteiger charge is 2.47. The average molecular weight is 383 g/mol. The Morgan fingerprint density at radius 1 is 1.46 bits per heavy atom. The molecule has 1 aromatic carbocycles. The number of anilines is 2. The number of aromatic nitrogens is 2. The number of benzene rings is 1. The molecule has 0 aliphatic heterocycles. The monoisotopic (exact) mass is 383 g/mol. The molecule has 1 aliphatic carbocycles. The average Bonchev–Trinajstić information content (AvgIpc) is 2.66. The molecule has 7 nitrogen and oxygen atoms in total. The maximum Gasteiger partial charge on any atom is 0.225 e. The number of rotatable bonds is 6. The summed E-state index contributed by atoms with van der Waals surface area (Å²) < 4.78 is 13.2. The van der Waals surface area contributed by atoms with E-state index in [0.717, 1.165) is 0 Å². The van der Waals surface area contributed by atoms with Gasteiger partial charge in [0, 0.05) is 17.0 Å². The SMILES string of the molecule is Cc1cc(F)ccc1C(=O)CNc1ncc(C#N)c(N[C@@H]2C[C@H](O)C2(C)C)n1. The molecule has 8 heteroatoms. The van der Waals surface area contributed by atoms with Crippen molar-refractivity contribution in [2.75, 3.05) is 17.2 Å². The normalized spacial score (nSPS) is 20.0. The van der Waals surface area contributed by atoms with Crippen molar-refractivity contribution in [1.29, 1.82) is 5.26 Å². The molecule has 1 heterocycles. The van der Waals surface area contributed by atoms with Crippen LogP contribution in [0.5, 0.6) is 0 Å². The number of hydrogen-bond donors (Lipinski definition) is 3. The van der Waals surface area contributed by atoms with Crippen LogP contribution in [-0.2, 0) is 0 Å². The van der Waals surface area contributed by atoms with Gasteiger partial charge in [-0.05, 0) is 37.1 Å². The first-order valence-electron chi connectivity index (χ1n) is 8.97. The van der Waals surface area contributed by atoms with E-state index in [-0.39, 0.29) is 35.3 Å². The van der Waals surface area contributed by atoms with Gasteiger partial charge in [-0.25, -0.2) is 9.37 Å². The van der Waals surface area contributed by atoms with Gasteiger partial charge in [0.25, 0.3) is 0 Å². The van der Waals surface area contributed by atoms with E-state index in [9.17, 15) is 19.6 Å². The molecule has 0 unspecified atom stereocenters. The number of halogens is 1. The van der Waals surface area contributed by atoms with Crippen LogP contribution >= 0.6 is 0 Å². The van der Waals surface area contributed by atoms with Crippen molar-refractivity contribution in [3.8, 4) is 6.07 Å². The fraction of sp³-hybridized carbons (Fsp3) is 0.400. The molecule has 1 saturated carbocycles. The Hall–Kier alpha value is -3.05. The lowest BCUT2D eigenvalue weighted by Crippen LogP contribution is -2.57. The predicted molar refractivity (Wildman–Crippen MR) is 103 cm³/mol. The number of carbonyl (C=O) groups excluding carboxylic acids is 1. The molecule has 0 spiro atoms. The van der Waals surface area contributed by atoms with Crippen molar-refractivity contribution in [3.05, 3.63) is 46.9 Å². The zero-order chi connectivity index (χ0) is 20.5. The molecule has 2 aromatic rings. The molecule has 0 saturated heterocycles. The second-order valence-electron chi connectivity index (χ2n) is 7.57. The van der Waals surface area contributed by atoms with Gasteiger partial charge < -0.3 is 15.7 Å². The van der Waals surface area contributed by atoms with Crippen molar-refractivity contribution in [3.63, 3.8) is 0 Å². The Morgan fingerprint density at radius 3 is 2.82 bits per heavy atom. The summed E-state index contributed by atoms with van der Waals surface area (Å²) in [6, 6.07) is 6.01. The maximum atomic E-state index is 13.2. The van der Waals surface area contributed by atoms with E-state index < -0.39 is 11.9 Å². The van der Waals surface area contributed by atoms with Crippen LogP contribution in [0.15, 0.2) is 24.4 Å². The molecule has 28 heavy (non-hydrogen) atoms. The van der Waals surface area contributed by atoms with Gasteiger partial charge in [0.05, 0.1) is 18.8 Å². The van der Waals surface area contributed by atoms with E-state index in [1.54, 1.807) is 6.92 Å². The smallest absolute Gasteiger partial charge is 0.225 e. The van der Waals surface area contributed by atoms with Crippen LogP contribution in [0, 0.1) is 29.5 Å². The van der Waals surface area contributed by atoms with E-state index in [0.29, 0.717) is 23.4 Å². The second kappa shape index (κ2) is 7.52. The third-order valence-electron chi connectivity index (χ3n) is 5.33. The highest BCUT2D eigenvalue weighted by Crippen LogP contribution is 2.42. The van der Waals surface area contributed by atoms with Crippen molar-refractivity contribution in [2.45, 2.75) is 39.3 Å². The van der Waals surface area contributed by atoms with Gasteiger partial charge in [0.15, 0.2) is 5.78 Å². The minimum Gasteiger partial charge on any atom is -0.392 e. The van der Waals surface area contributed by atoms with Crippen molar-refractivity contribution in [2.24, 2.45) is 5.41 Å². The lowest BCUT2D eigenvalue weighted by atomic mass is 9.64. The fourth-order valence-electron chi connectivity index (χ4n) is 3.17. The number of hydrogen-bond acceptors (Lipinski definition) is 7. The van der Waals surface area contributed by atoms with E-state index in [4.69, 9.17) is 0 Å². The summed E-state index contributed by atoms with van der Waals surface area (Å²) >= 11 is 0. The molecule has 146 valence electrons. The number of nitrogens with zero attached hydrogens (tertiary/aromatic N) is 3. The minimum atomic E-state index is -0.411. The Labute approximate surface area is 162 Å². The fourth-order valence-corrected chi connectivity index (χ4v) is 3.17. The summed E-state index contributed by atoms with van der Waals surface area (Å²) in [6.07, 6.45) is 1.53. The first-order valence-corrected chi connectivity index (χ1v) is 8.97. The number of nitrogens with one attached hydrogen (secondary N) is 2. The summed E-state index contributed by atoms with van der Waals surface area (Å²) in [5.74, 6) is -0.0527. The Balaban J connectivity index is 1.71. The number of aliphatic hydroxyl groups is 1. The van der Waals surface area contributed by atoms with Gasteiger partial charge in [0.2, 0.25) is 5.95 Å². The third-order valence-corrected chi connectivity index (χ3v) is 5.33. The molecule has 2 atom stereocenters. The molecule has 0 amide bonds. The van der Waals surface area contributed by atoms with E-state index in [1.165, 1.54) is 24.4 Å². The first-order chi connectivity index (χ1) is 13.2. The lowest BCUT2D eigenvalue weighted by molar-refractivity contribution is -0.0511. The van der Waals surface area contributed by atoms with Crippen LogP contribution in [0.2, 0.25) is 0 Å². The highest BCUT2D eigenvalue weighted by atomic mass is 19.1. The Bertz CT molecular complexity index is 954. The number of nitriles is 1. The first kappa shape index (κ1) is 19.7. The molecule has 3 rings (SSSR count). The topological polar surface area (TPSA) is 111 Å². The lowest BCUT2D eigenvalue weighted by Gasteiger charge is -2.49. The van der Waals surface area contributed by atoms with Crippen molar-refractivity contribution >= 4 is 17.5 Å². The third kappa shape index (κ3) is 3.80. The number of Topliss-reactive ketones (excluding diaryl/α,β-unsaturated/α-hetero) is 1. The summed E-state index contributed by atoms with van der Waals surface area (Å²) in [6.45, 7) is 5.49. The number of ketones is 1. The quantitative estimate of drug-likeness (QED) is 0.658. The summed E-state index contributed by atoms with van der Waals surface area (Å²) in [4.78, 5) is 20.8. The van der Waals surface area contributed by atoms with Gasteiger partial charge in [-0.2, -0.15) is 10.2 Å². The molecular formula is C20H22FN5O2. The van der Waals surface area contributed by atoms with Crippen molar-refractivity contribution in [1.82, 2.24) is 9.97 Å². The summed E-state index contributed by atoms with van der Waals surface area (Å²) in [5.41, 5.74) is 0.927. The molecule has 1 aromatic heterocycles. The van der Waals surface area contributed by atoms with Gasteiger partial charge in [0.1, 0.15) is 23.3 Å². The zero-order valence-electron chi connectivity index (χ0n) is 16.0. The van der Waals surface area contributed by atoms with Gasteiger partial charge >= 0.3 is 0 Å². The standard InChI is InChI=1S/C20H22FN5O2/c1-11-6-13(21)4-5-14(11)15(27)10-24-19-23-9-12(8-22)18(26-19)25-16-7-17(28)20(16,2)3/h4-6,9,16-17,28H,7,10H2,1-3H3,(H2,23,24,25,26)/t16-,17+/m1/s1. The van der Waals surface area contributed by atoms with Crippen LogP contribution < -0.4 is 10.6 Å². The van der Waals surface area contributed by atoms with E-state index in [1.807, 2.05) is 19.9 Å². The maximum absolute atomic E-state index is 13.2. The Kier molecular flexibility index (Phi) is 5.29.